The summed E-state index contributed by atoms with van der Waals surface area (Å²) in [4.78, 5) is 17.1. The number of methoxy groups -OCH3 is 2. The van der Waals surface area contributed by atoms with Gasteiger partial charge in [-0.3, -0.25) is 4.79 Å². The third-order valence-electron chi connectivity index (χ3n) is 4.79. The zero-order valence-electron chi connectivity index (χ0n) is 16.4. The van der Waals surface area contributed by atoms with Gasteiger partial charge in [0.25, 0.3) is 5.91 Å². The number of ether oxygens (including phenoxy) is 3. The fourth-order valence-electron chi connectivity index (χ4n) is 3.30. The molecule has 0 N–H and O–H groups in total. The molecule has 0 spiro atoms. The number of halogens is 1. The Morgan fingerprint density at radius 2 is 1.75 bits per heavy atom. The van der Waals surface area contributed by atoms with E-state index in [1.54, 1.807) is 38.3 Å². The van der Waals surface area contributed by atoms with Crippen molar-refractivity contribution in [2.75, 3.05) is 52.5 Å². The number of rotatable bonds is 6. The Kier molecular flexibility index (Phi) is 6.80. The topological polar surface area (TPSA) is 51.2 Å². The average molecular weight is 449 g/mol. The molecule has 0 unspecified atom stereocenters. The van der Waals surface area contributed by atoms with Crippen LogP contribution in [0.3, 0.4) is 0 Å². The van der Waals surface area contributed by atoms with Crippen molar-refractivity contribution in [3.05, 3.63) is 52.0 Å². The maximum Gasteiger partial charge on any atom is 0.254 e. The van der Waals surface area contributed by atoms with Gasteiger partial charge in [-0.1, -0.05) is 18.2 Å². The minimum Gasteiger partial charge on any atom is -0.495 e. The predicted molar refractivity (Wildman–Crippen MR) is 113 cm³/mol. The Morgan fingerprint density at radius 1 is 1.14 bits per heavy atom. The summed E-state index contributed by atoms with van der Waals surface area (Å²) in [5.41, 5.74) is 2.77. The first-order valence-electron chi connectivity index (χ1n) is 9.12. The number of nitrogens with zero attached hydrogens (tertiary/aromatic N) is 2. The Hall–Kier alpha value is -2.25. The molecule has 0 bridgehead atoms. The summed E-state index contributed by atoms with van der Waals surface area (Å²) in [5, 5.41) is 0. The van der Waals surface area contributed by atoms with E-state index in [4.69, 9.17) is 14.2 Å². The van der Waals surface area contributed by atoms with E-state index < -0.39 is 0 Å². The van der Waals surface area contributed by atoms with E-state index in [-0.39, 0.29) is 5.91 Å². The Bertz CT molecular complexity index is 812. The molecule has 150 valence electrons. The molecule has 3 rings (SSSR count). The molecule has 0 aliphatic carbocycles. The third-order valence-corrected chi connectivity index (χ3v) is 5.57. The fourth-order valence-corrected chi connectivity index (χ4v) is 3.85. The number of morpholine rings is 1. The van der Waals surface area contributed by atoms with E-state index >= 15 is 0 Å². The van der Waals surface area contributed by atoms with Gasteiger partial charge < -0.3 is 24.0 Å². The molecule has 0 radical (unpaired) electrons. The molecular weight excluding hydrogens is 424 g/mol. The monoisotopic (exact) mass is 448 g/mol. The summed E-state index contributed by atoms with van der Waals surface area (Å²) in [7, 11) is 4.94. The van der Waals surface area contributed by atoms with Gasteiger partial charge in [-0.15, -0.1) is 0 Å². The molecule has 6 nitrogen and oxygen atoms in total. The van der Waals surface area contributed by atoms with Gasteiger partial charge in [0.15, 0.2) is 0 Å². The summed E-state index contributed by atoms with van der Waals surface area (Å²) in [6, 6.07) is 11.6. The van der Waals surface area contributed by atoms with Crippen LogP contribution >= 0.6 is 15.9 Å². The Balaban J connectivity index is 1.82. The smallest absolute Gasteiger partial charge is 0.254 e. The van der Waals surface area contributed by atoms with Crippen LogP contribution in [-0.4, -0.2) is 58.4 Å². The molecule has 1 amide bonds. The molecule has 1 saturated heterocycles. The van der Waals surface area contributed by atoms with Gasteiger partial charge in [-0.05, 0) is 39.7 Å². The number of hydrogen-bond acceptors (Lipinski definition) is 5. The van der Waals surface area contributed by atoms with Gasteiger partial charge in [0, 0.05) is 37.9 Å². The molecular formula is C21H25BrN2O4. The SMILES string of the molecule is COc1cc(C(=O)N(C)Cc2ccccc2N2CCOCC2)cc(OC)c1Br. The minimum absolute atomic E-state index is 0.0964. The van der Waals surface area contributed by atoms with Crippen LogP contribution in [0.15, 0.2) is 40.9 Å². The highest BCUT2D eigenvalue weighted by Crippen LogP contribution is 2.36. The second-order valence-electron chi connectivity index (χ2n) is 6.58. The van der Waals surface area contributed by atoms with Crippen LogP contribution in [0.2, 0.25) is 0 Å². The van der Waals surface area contributed by atoms with E-state index in [0.29, 0.717) is 28.1 Å². The fraction of sp³-hybridized carbons (Fsp3) is 0.381. The van der Waals surface area contributed by atoms with Crippen LogP contribution in [0.5, 0.6) is 11.5 Å². The lowest BCUT2D eigenvalue weighted by atomic mass is 10.1. The number of carbonyl (C=O) groups is 1. The highest BCUT2D eigenvalue weighted by atomic mass is 79.9. The largest absolute Gasteiger partial charge is 0.495 e. The summed E-state index contributed by atoms with van der Waals surface area (Å²) >= 11 is 3.44. The van der Waals surface area contributed by atoms with Crippen LogP contribution < -0.4 is 14.4 Å². The lowest BCUT2D eigenvalue weighted by Crippen LogP contribution is -2.37. The highest BCUT2D eigenvalue weighted by molar-refractivity contribution is 9.10. The van der Waals surface area contributed by atoms with Crippen LogP contribution in [0, 0.1) is 0 Å². The first-order chi connectivity index (χ1) is 13.5. The van der Waals surface area contributed by atoms with Crippen LogP contribution in [0.25, 0.3) is 0 Å². The second kappa shape index (κ2) is 9.30. The Morgan fingerprint density at radius 3 is 2.36 bits per heavy atom. The number of hydrogen-bond donors (Lipinski definition) is 0. The molecule has 28 heavy (non-hydrogen) atoms. The second-order valence-corrected chi connectivity index (χ2v) is 7.38. The number of anilines is 1. The van der Waals surface area contributed by atoms with Crippen molar-refractivity contribution in [1.82, 2.24) is 4.90 Å². The van der Waals surface area contributed by atoms with Gasteiger partial charge in [0.1, 0.15) is 16.0 Å². The van der Waals surface area contributed by atoms with Gasteiger partial charge in [-0.2, -0.15) is 0 Å². The molecule has 1 heterocycles. The summed E-state index contributed by atoms with van der Waals surface area (Å²) in [5.74, 6) is 1.02. The average Bonchev–Trinajstić information content (AvgIpc) is 2.74. The first kappa shape index (κ1) is 20.5. The molecule has 1 fully saturated rings. The Labute approximate surface area is 174 Å². The molecule has 0 aromatic heterocycles. The highest BCUT2D eigenvalue weighted by Gasteiger charge is 2.20. The molecule has 2 aromatic carbocycles. The van der Waals surface area contributed by atoms with E-state index in [0.717, 1.165) is 37.6 Å². The van der Waals surface area contributed by atoms with Crippen molar-refractivity contribution in [1.29, 1.82) is 0 Å². The molecule has 0 saturated carbocycles. The minimum atomic E-state index is -0.0964. The number of carbonyl (C=O) groups excluding carboxylic acids is 1. The van der Waals surface area contributed by atoms with Crippen LogP contribution in [0.1, 0.15) is 15.9 Å². The predicted octanol–water partition coefficient (Wildman–Crippen LogP) is 3.58. The lowest BCUT2D eigenvalue weighted by Gasteiger charge is -2.31. The van der Waals surface area contributed by atoms with Gasteiger partial charge in [-0.25, -0.2) is 0 Å². The van der Waals surface area contributed by atoms with Crippen LogP contribution in [-0.2, 0) is 11.3 Å². The summed E-state index contributed by atoms with van der Waals surface area (Å²) < 4.78 is 16.9. The normalized spacial score (nSPS) is 13.9. The molecule has 2 aromatic rings. The van der Waals surface area contributed by atoms with Crippen molar-refractivity contribution in [2.24, 2.45) is 0 Å². The van der Waals surface area contributed by atoms with Crippen molar-refractivity contribution >= 4 is 27.5 Å². The van der Waals surface area contributed by atoms with Crippen molar-refractivity contribution in [3.63, 3.8) is 0 Å². The molecule has 7 heteroatoms. The van der Waals surface area contributed by atoms with E-state index in [9.17, 15) is 4.79 Å². The maximum absolute atomic E-state index is 13.1. The van der Waals surface area contributed by atoms with Crippen molar-refractivity contribution in [2.45, 2.75) is 6.54 Å². The van der Waals surface area contributed by atoms with Crippen molar-refractivity contribution < 1.29 is 19.0 Å². The van der Waals surface area contributed by atoms with Gasteiger partial charge >= 0.3 is 0 Å². The van der Waals surface area contributed by atoms with E-state index in [1.807, 2.05) is 12.1 Å². The molecule has 1 aliphatic heterocycles. The van der Waals surface area contributed by atoms with E-state index in [2.05, 4.69) is 33.0 Å². The lowest BCUT2D eigenvalue weighted by molar-refractivity contribution is 0.0784. The maximum atomic E-state index is 13.1. The molecule has 1 aliphatic rings. The zero-order chi connectivity index (χ0) is 20.1. The third kappa shape index (κ3) is 4.42. The summed E-state index contributed by atoms with van der Waals surface area (Å²) in [6.45, 7) is 3.67. The molecule has 0 atom stereocenters. The van der Waals surface area contributed by atoms with Gasteiger partial charge in [0.2, 0.25) is 0 Å². The zero-order valence-corrected chi connectivity index (χ0v) is 18.0. The van der Waals surface area contributed by atoms with Crippen molar-refractivity contribution in [3.8, 4) is 11.5 Å². The standard InChI is InChI=1S/C21H25BrN2O4/c1-23(21(25)16-12-18(26-2)20(22)19(13-16)27-3)14-15-6-4-5-7-17(15)24-8-10-28-11-9-24/h4-7,12-13H,8-11,14H2,1-3H3. The number of amides is 1. The van der Waals surface area contributed by atoms with E-state index in [1.165, 1.54) is 0 Å². The number of benzene rings is 2. The van der Waals surface area contributed by atoms with Crippen LogP contribution in [0.4, 0.5) is 5.69 Å². The van der Waals surface area contributed by atoms with Gasteiger partial charge in [0.05, 0.1) is 27.4 Å². The number of para-hydroxylation sites is 1. The summed E-state index contributed by atoms with van der Waals surface area (Å²) in [6.07, 6.45) is 0. The first-order valence-corrected chi connectivity index (χ1v) is 9.92. The quantitative estimate of drug-likeness (QED) is 0.675.